The zero-order valence-electron chi connectivity index (χ0n) is 29.6. The molecule has 2 atom stereocenters. The highest BCUT2D eigenvalue weighted by molar-refractivity contribution is 5.97. The summed E-state index contributed by atoms with van der Waals surface area (Å²) >= 11 is 0. The number of nitro benzene ring substituents is 1. The Hall–Kier alpha value is -6.04. The van der Waals surface area contributed by atoms with E-state index in [0.29, 0.717) is 42.6 Å². The van der Waals surface area contributed by atoms with E-state index in [1.165, 1.54) is 12.1 Å². The highest BCUT2D eigenvalue weighted by atomic mass is 16.6. The Morgan fingerprint density at radius 3 is 1.92 bits per heavy atom. The van der Waals surface area contributed by atoms with Gasteiger partial charge in [-0.05, 0) is 84.3 Å². The molecule has 5 rings (SSSR count). The third-order valence-electron chi connectivity index (χ3n) is 9.06. The van der Waals surface area contributed by atoms with Crippen molar-refractivity contribution in [3.63, 3.8) is 0 Å². The van der Waals surface area contributed by atoms with Crippen LogP contribution in [0, 0.1) is 10.1 Å². The molecule has 0 heterocycles. The van der Waals surface area contributed by atoms with Gasteiger partial charge >= 0.3 is 0 Å². The summed E-state index contributed by atoms with van der Waals surface area (Å²) in [5.74, 6) is -0.143. The molecular weight excluding hydrogens is 670 g/mol. The molecule has 0 fully saturated rings. The first kappa shape index (κ1) is 38.2. The number of nitrogens with one attached hydrogen (secondary N) is 2. The molecule has 5 N–H and O–H groups in total. The van der Waals surface area contributed by atoms with E-state index in [-0.39, 0.29) is 24.8 Å². The van der Waals surface area contributed by atoms with Crippen LogP contribution in [0.4, 0.5) is 17.1 Å². The van der Waals surface area contributed by atoms with Gasteiger partial charge in [0.05, 0.1) is 30.7 Å². The Kier molecular flexibility index (Phi) is 13.7. The van der Waals surface area contributed by atoms with Crippen LogP contribution in [0.5, 0.6) is 5.75 Å². The number of unbranched alkanes of at least 4 members (excludes halogenated alkanes) is 1. The molecule has 11 heteroatoms. The molecule has 0 saturated carbocycles. The van der Waals surface area contributed by atoms with Gasteiger partial charge in [0.1, 0.15) is 11.8 Å². The minimum absolute atomic E-state index is 0.0556. The van der Waals surface area contributed by atoms with Crippen molar-refractivity contribution >= 4 is 28.9 Å². The van der Waals surface area contributed by atoms with E-state index in [0.717, 1.165) is 22.6 Å². The van der Waals surface area contributed by atoms with Crippen molar-refractivity contribution in [1.82, 2.24) is 5.32 Å². The lowest BCUT2D eigenvalue weighted by Crippen LogP contribution is -2.50. The average Bonchev–Trinajstić information content (AvgIpc) is 3.19. The fraction of sp³-hybridized carbons (Fsp3) is 0.238. The van der Waals surface area contributed by atoms with Crippen LogP contribution in [0.2, 0.25) is 0 Å². The van der Waals surface area contributed by atoms with E-state index >= 15 is 0 Å². The number of non-ortho nitro benzene ring substituents is 1. The van der Waals surface area contributed by atoms with Gasteiger partial charge in [-0.1, -0.05) is 84.9 Å². The Labute approximate surface area is 309 Å². The Morgan fingerprint density at radius 2 is 1.38 bits per heavy atom. The number of nitrogens with two attached hydrogens (primary N) is 1. The molecule has 53 heavy (non-hydrogen) atoms. The van der Waals surface area contributed by atoms with Crippen LogP contribution in [0.3, 0.4) is 0 Å². The molecule has 0 unspecified atom stereocenters. The summed E-state index contributed by atoms with van der Waals surface area (Å²) in [7, 11) is 1.64. The zero-order chi connectivity index (χ0) is 37.6. The van der Waals surface area contributed by atoms with E-state index < -0.39 is 28.8 Å². The summed E-state index contributed by atoms with van der Waals surface area (Å²) in [5.41, 5.74) is 11.4. The van der Waals surface area contributed by atoms with Gasteiger partial charge in [0.2, 0.25) is 11.8 Å². The van der Waals surface area contributed by atoms with Crippen LogP contribution in [-0.4, -0.2) is 47.6 Å². The first-order chi connectivity index (χ1) is 25.7. The second kappa shape index (κ2) is 19.0. The van der Waals surface area contributed by atoms with Crippen LogP contribution in [0.15, 0.2) is 133 Å². The topological polar surface area (TPSA) is 160 Å². The first-order valence-electron chi connectivity index (χ1n) is 17.6. The van der Waals surface area contributed by atoms with Crippen LogP contribution >= 0.6 is 0 Å². The summed E-state index contributed by atoms with van der Waals surface area (Å²) in [6.45, 7) is 0.522. The number of ether oxygens (including phenoxy) is 1. The zero-order valence-corrected chi connectivity index (χ0v) is 29.6. The summed E-state index contributed by atoms with van der Waals surface area (Å²) in [5, 5.41) is 26.2. The third kappa shape index (κ3) is 10.7. The highest BCUT2D eigenvalue weighted by Gasteiger charge is 2.26. The molecule has 0 radical (unpaired) electrons. The number of carbonyl (C=O) groups excluding carboxylic acids is 2. The number of benzene rings is 5. The number of methoxy groups -OCH3 is 1. The maximum atomic E-state index is 13.7. The van der Waals surface area contributed by atoms with Gasteiger partial charge in [-0.25, -0.2) is 0 Å². The van der Waals surface area contributed by atoms with E-state index in [1.54, 1.807) is 43.5 Å². The molecule has 0 saturated heterocycles. The lowest BCUT2D eigenvalue weighted by Gasteiger charge is -2.35. The van der Waals surface area contributed by atoms with E-state index in [2.05, 4.69) is 39.8 Å². The van der Waals surface area contributed by atoms with Crippen LogP contribution in [0.25, 0.3) is 0 Å². The number of rotatable bonds is 18. The van der Waals surface area contributed by atoms with Crippen LogP contribution < -0.4 is 26.0 Å². The van der Waals surface area contributed by atoms with Crippen molar-refractivity contribution < 1.29 is 24.4 Å². The number of carbonyl (C=O) groups is 2. The molecule has 5 aromatic carbocycles. The summed E-state index contributed by atoms with van der Waals surface area (Å²) in [6, 6.07) is 39.3. The van der Waals surface area contributed by atoms with Crippen molar-refractivity contribution in [2.75, 3.05) is 23.9 Å². The van der Waals surface area contributed by atoms with E-state index in [4.69, 9.17) is 10.5 Å². The Morgan fingerprint density at radius 1 is 0.792 bits per heavy atom. The highest BCUT2D eigenvalue weighted by Crippen LogP contribution is 2.34. The molecule has 0 spiro atoms. The lowest BCUT2D eigenvalue weighted by molar-refractivity contribution is -0.384. The molecule has 0 aliphatic heterocycles. The second-order valence-corrected chi connectivity index (χ2v) is 12.8. The molecule has 0 aliphatic rings. The Bertz CT molecular complexity index is 1870. The quantitative estimate of drug-likeness (QED) is 0.0451. The maximum absolute atomic E-state index is 13.7. The van der Waals surface area contributed by atoms with Gasteiger partial charge in [0.15, 0.2) is 0 Å². The molecular formula is C42H45N5O6. The molecule has 11 nitrogen and oxygen atoms in total. The number of aliphatic hydroxyl groups is 1. The number of anilines is 2. The largest absolute Gasteiger partial charge is 0.497 e. The molecule has 2 amide bonds. The third-order valence-corrected chi connectivity index (χ3v) is 9.06. The predicted molar refractivity (Wildman–Crippen MR) is 207 cm³/mol. The first-order valence-corrected chi connectivity index (χ1v) is 17.6. The number of hydrogen-bond donors (Lipinski definition) is 4. The van der Waals surface area contributed by atoms with Crippen LogP contribution in [-0.2, 0) is 22.6 Å². The van der Waals surface area contributed by atoms with Gasteiger partial charge in [0.25, 0.3) is 5.69 Å². The number of aliphatic hydroxyl groups excluding tert-OH is 1. The summed E-state index contributed by atoms with van der Waals surface area (Å²) in [6.07, 6.45) is 1.77. The van der Waals surface area contributed by atoms with E-state index in [9.17, 15) is 24.8 Å². The number of hydrogen-bond acceptors (Lipinski definition) is 8. The smallest absolute Gasteiger partial charge is 0.269 e. The average molecular weight is 716 g/mol. The van der Waals surface area contributed by atoms with Gasteiger partial charge in [0, 0.05) is 30.1 Å². The van der Waals surface area contributed by atoms with E-state index in [1.807, 2.05) is 60.7 Å². The number of nitro groups is 1. The fourth-order valence-electron chi connectivity index (χ4n) is 6.21. The van der Waals surface area contributed by atoms with Crippen molar-refractivity contribution in [2.24, 2.45) is 5.73 Å². The molecule has 5 aromatic rings. The monoisotopic (exact) mass is 715 g/mol. The number of nitrogens with zero attached hydrogens (tertiary/aromatic N) is 2. The minimum Gasteiger partial charge on any atom is -0.497 e. The molecule has 274 valence electrons. The standard InChI is InChI=1S/C42H45N5O6/c1-53-37-25-23-35(24-26-37)46(40(32-10-4-2-5-11-32)33-12-6-3-7-13-33)27-9-8-14-39(42(50)44-34-19-15-31(29-48)16-20-34)45-41(49)38(43)28-30-17-21-36(22-18-30)47(51)52/h2-7,10-13,15-26,38-40,48H,8-9,14,27-29,43H2,1H3,(H,44,50)(H,45,49)/t38-,39-/m0/s1. The van der Waals surface area contributed by atoms with Crippen molar-refractivity contribution in [1.29, 1.82) is 0 Å². The van der Waals surface area contributed by atoms with Gasteiger partial charge in [-0.2, -0.15) is 0 Å². The maximum Gasteiger partial charge on any atom is 0.269 e. The molecule has 0 aliphatic carbocycles. The van der Waals surface area contributed by atoms with Gasteiger partial charge in [-0.15, -0.1) is 0 Å². The number of amides is 2. The minimum atomic E-state index is -0.987. The predicted octanol–water partition coefficient (Wildman–Crippen LogP) is 6.56. The van der Waals surface area contributed by atoms with Gasteiger partial charge < -0.3 is 31.1 Å². The van der Waals surface area contributed by atoms with Crippen molar-refractivity contribution in [3.05, 3.63) is 166 Å². The van der Waals surface area contributed by atoms with Crippen LogP contribution in [0.1, 0.15) is 47.6 Å². The van der Waals surface area contributed by atoms with Crippen molar-refractivity contribution in [2.45, 2.75) is 50.4 Å². The summed E-state index contributed by atoms with van der Waals surface area (Å²) < 4.78 is 5.44. The van der Waals surface area contributed by atoms with Crippen molar-refractivity contribution in [3.8, 4) is 5.75 Å². The normalized spacial score (nSPS) is 12.1. The lowest BCUT2D eigenvalue weighted by atomic mass is 9.95. The fourth-order valence-corrected chi connectivity index (χ4v) is 6.21. The molecule has 0 bridgehead atoms. The second-order valence-electron chi connectivity index (χ2n) is 12.8. The summed E-state index contributed by atoms with van der Waals surface area (Å²) in [4.78, 5) is 40.0. The molecule has 0 aromatic heterocycles. The SMILES string of the molecule is COc1ccc(N(CCCC[C@H](NC(=O)[C@@H](N)Cc2ccc([N+](=O)[O-])cc2)C(=O)Nc2ccc(CO)cc2)C(c2ccccc2)c2ccccc2)cc1. The van der Waals surface area contributed by atoms with Gasteiger partial charge in [-0.3, -0.25) is 19.7 Å². The Balaban J connectivity index is 1.33.